The number of allylic oxidation sites excluding steroid dienone is 2. The van der Waals surface area contributed by atoms with Gasteiger partial charge < -0.3 is 0 Å². The first-order chi connectivity index (χ1) is 17.1. The van der Waals surface area contributed by atoms with Crippen LogP contribution in [0.15, 0.2) is 80.9 Å². The number of hydrazone groups is 2. The standard InChI is InChI=1S/C20H20N8O6S2/c29-35(30,31)19-13-17(25-27-21-9-1-10-22-27)7-5-15(19)3-4-16-6-8-18(14-20(16)36(32,33)34)26-28-23-11-2-12-24-28/h1-14,21,23,25-26H,(H,29,30,31)(H,32,33,34)/b4-3+. The molecule has 2 aliphatic rings. The van der Waals surface area contributed by atoms with Gasteiger partial charge in [0.2, 0.25) is 0 Å². The van der Waals surface area contributed by atoms with Crippen molar-refractivity contribution >= 4 is 56.2 Å². The third kappa shape index (κ3) is 6.19. The maximum atomic E-state index is 12.0. The van der Waals surface area contributed by atoms with Crippen LogP contribution in [0.25, 0.3) is 12.2 Å². The zero-order valence-electron chi connectivity index (χ0n) is 18.2. The summed E-state index contributed by atoms with van der Waals surface area (Å²) in [6, 6.07) is 8.23. The predicted molar refractivity (Wildman–Crippen MR) is 134 cm³/mol. The Bertz CT molecular complexity index is 1400. The van der Waals surface area contributed by atoms with Crippen molar-refractivity contribution in [1.29, 1.82) is 0 Å². The molecule has 0 saturated carbocycles. The molecule has 2 aromatic carbocycles. The average molecular weight is 533 g/mol. The number of hydrogen-bond donors (Lipinski definition) is 6. The summed E-state index contributed by atoms with van der Waals surface area (Å²) in [6.07, 6.45) is 12.0. The van der Waals surface area contributed by atoms with E-state index >= 15 is 0 Å². The van der Waals surface area contributed by atoms with Crippen molar-refractivity contribution in [3.8, 4) is 0 Å². The lowest BCUT2D eigenvalue weighted by atomic mass is 10.1. The Kier molecular flexibility index (Phi) is 6.93. The van der Waals surface area contributed by atoms with Crippen LogP contribution in [0, 0.1) is 0 Å². The molecule has 16 heteroatoms. The first kappa shape index (κ1) is 24.7. The van der Waals surface area contributed by atoms with Gasteiger partial charge in [0.25, 0.3) is 20.2 Å². The number of nitrogens with zero attached hydrogens (tertiary/aromatic N) is 4. The zero-order chi connectivity index (χ0) is 25.8. The van der Waals surface area contributed by atoms with Crippen LogP contribution in [-0.4, -0.2) is 48.8 Å². The van der Waals surface area contributed by atoms with E-state index in [1.54, 1.807) is 24.6 Å². The Morgan fingerprint density at radius 3 is 1.47 bits per heavy atom. The average Bonchev–Trinajstić information content (AvgIpc) is 2.84. The summed E-state index contributed by atoms with van der Waals surface area (Å²) in [5.74, 6) is 0. The van der Waals surface area contributed by atoms with Crippen LogP contribution in [-0.2, 0) is 20.2 Å². The Balaban J connectivity index is 1.63. The summed E-state index contributed by atoms with van der Waals surface area (Å²) in [7, 11) is -9.31. The van der Waals surface area contributed by atoms with Gasteiger partial charge in [-0.3, -0.25) is 30.8 Å². The van der Waals surface area contributed by atoms with E-state index in [9.17, 15) is 25.9 Å². The van der Waals surface area contributed by atoms with Gasteiger partial charge in [-0.15, -0.1) is 20.7 Å². The Hall–Kier alpha value is -4.38. The first-order valence-electron chi connectivity index (χ1n) is 10.0. The third-order valence-electron chi connectivity index (χ3n) is 4.62. The molecule has 0 aromatic heterocycles. The second kappa shape index (κ2) is 10.1. The highest BCUT2D eigenvalue weighted by Gasteiger charge is 2.18. The number of nitrogens with one attached hydrogen (secondary N) is 4. The van der Waals surface area contributed by atoms with Gasteiger partial charge in [-0.25, -0.2) is 0 Å². The summed E-state index contributed by atoms with van der Waals surface area (Å²) >= 11 is 0. The Morgan fingerprint density at radius 1 is 0.722 bits per heavy atom. The van der Waals surface area contributed by atoms with Crippen LogP contribution < -0.4 is 21.7 Å². The maximum absolute atomic E-state index is 12.0. The van der Waals surface area contributed by atoms with Crippen LogP contribution in [0.5, 0.6) is 0 Å². The number of hydrazine groups is 4. The van der Waals surface area contributed by atoms with Gasteiger partial charge in [0.05, 0.1) is 23.8 Å². The molecule has 0 unspecified atom stereocenters. The molecule has 0 spiro atoms. The van der Waals surface area contributed by atoms with Gasteiger partial charge in [-0.1, -0.05) is 24.3 Å². The molecule has 36 heavy (non-hydrogen) atoms. The topological polar surface area (TPSA) is 188 Å². The monoisotopic (exact) mass is 532 g/mol. The summed E-state index contributed by atoms with van der Waals surface area (Å²) in [6.45, 7) is 0. The zero-order valence-corrected chi connectivity index (χ0v) is 19.8. The lowest BCUT2D eigenvalue weighted by molar-refractivity contribution is 0.285. The number of benzene rings is 2. The van der Waals surface area contributed by atoms with Crippen LogP contribution in [0.3, 0.4) is 0 Å². The summed E-state index contributed by atoms with van der Waals surface area (Å²) in [4.78, 5) is -0.872. The molecule has 0 saturated heterocycles. The largest absolute Gasteiger partial charge is 0.295 e. The normalized spacial score (nSPS) is 15.2. The highest BCUT2D eigenvalue weighted by Crippen LogP contribution is 2.26. The van der Waals surface area contributed by atoms with Gasteiger partial charge in [-0.05, 0) is 47.5 Å². The minimum atomic E-state index is -4.65. The van der Waals surface area contributed by atoms with Crippen molar-refractivity contribution in [3.05, 3.63) is 72.1 Å². The van der Waals surface area contributed by atoms with Crippen LogP contribution in [0.4, 0.5) is 11.4 Å². The molecule has 0 radical (unpaired) electrons. The van der Waals surface area contributed by atoms with Gasteiger partial charge in [-0.2, -0.15) is 16.8 Å². The van der Waals surface area contributed by atoms with E-state index in [0.29, 0.717) is 0 Å². The quantitative estimate of drug-likeness (QED) is 0.213. The number of rotatable bonds is 8. The minimum absolute atomic E-state index is 0.0696. The lowest BCUT2D eigenvalue weighted by Gasteiger charge is -2.22. The molecule has 2 aromatic rings. The van der Waals surface area contributed by atoms with Crippen LogP contribution >= 0.6 is 0 Å². The van der Waals surface area contributed by atoms with Gasteiger partial charge in [0, 0.05) is 12.4 Å². The van der Waals surface area contributed by atoms with E-state index in [1.165, 1.54) is 71.4 Å². The summed E-state index contributed by atoms with van der Waals surface area (Å²) in [5.41, 5.74) is 11.8. The van der Waals surface area contributed by atoms with E-state index in [-0.39, 0.29) is 22.5 Å². The summed E-state index contributed by atoms with van der Waals surface area (Å²) in [5, 5.41) is 10.4. The number of anilines is 2. The van der Waals surface area contributed by atoms with Gasteiger partial charge in [0.1, 0.15) is 9.79 Å². The molecule has 0 amide bonds. The SMILES string of the molecule is O=S(=O)(O)c1cc(NN2N=CC=CN2)ccc1/C=C/c1ccc(NN2N=CC=CN2)cc1S(=O)(=O)O. The van der Waals surface area contributed by atoms with Crippen LogP contribution in [0.2, 0.25) is 0 Å². The molecule has 6 N–H and O–H groups in total. The predicted octanol–water partition coefficient (Wildman–Crippen LogP) is 1.64. The smallest absolute Gasteiger partial charge is 0.282 e. The van der Waals surface area contributed by atoms with Crippen molar-refractivity contribution in [2.45, 2.75) is 9.79 Å². The second-order valence-corrected chi connectivity index (χ2v) is 9.92. The fourth-order valence-corrected chi connectivity index (χ4v) is 4.49. The Labute approximate surface area is 206 Å². The van der Waals surface area contributed by atoms with E-state index in [0.717, 1.165) is 0 Å². The molecule has 14 nitrogen and oxygen atoms in total. The lowest BCUT2D eigenvalue weighted by Crippen LogP contribution is -2.36. The maximum Gasteiger partial charge on any atom is 0.295 e. The highest BCUT2D eigenvalue weighted by molar-refractivity contribution is 7.86. The molecule has 2 heterocycles. The fraction of sp³-hybridized carbons (Fsp3) is 0. The van der Waals surface area contributed by atoms with Crippen molar-refractivity contribution in [2.75, 3.05) is 10.9 Å². The van der Waals surface area contributed by atoms with Crippen molar-refractivity contribution in [3.63, 3.8) is 0 Å². The van der Waals surface area contributed by atoms with Gasteiger partial charge >= 0.3 is 0 Å². The molecular weight excluding hydrogens is 512 g/mol. The molecule has 188 valence electrons. The fourth-order valence-electron chi connectivity index (χ4n) is 3.07. The number of hydrogen-bond acceptors (Lipinski definition) is 12. The summed E-state index contributed by atoms with van der Waals surface area (Å²) < 4.78 is 67.6. The highest BCUT2D eigenvalue weighted by atomic mass is 32.2. The first-order valence-corrected chi connectivity index (χ1v) is 12.9. The van der Waals surface area contributed by atoms with Gasteiger partial charge in [0.15, 0.2) is 0 Å². The minimum Gasteiger partial charge on any atom is -0.282 e. The molecule has 0 bridgehead atoms. The third-order valence-corrected chi connectivity index (χ3v) is 6.44. The van der Waals surface area contributed by atoms with Crippen molar-refractivity contribution in [2.24, 2.45) is 10.2 Å². The van der Waals surface area contributed by atoms with E-state index in [1.807, 2.05) is 0 Å². The van der Waals surface area contributed by atoms with Crippen molar-refractivity contribution < 1.29 is 25.9 Å². The van der Waals surface area contributed by atoms with Crippen LogP contribution in [0.1, 0.15) is 11.1 Å². The molecule has 2 aliphatic heterocycles. The molecule has 4 rings (SSSR count). The molecule has 0 atom stereocenters. The Morgan fingerprint density at radius 2 is 1.14 bits per heavy atom. The van der Waals surface area contributed by atoms with E-state index in [2.05, 4.69) is 31.9 Å². The second-order valence-electron chi connectivity index (χ2n) is 7.14. The van der Waals surface area contributed by atoms with E-state index in [4.69, 9.17) is 0 Å². The molecule has 0 aliphatic carbocycles. The molecule has 0 fully saturated rings. The van der Waals surface area contributed by atoms with Crippen molar-refractivity contribution in [1.82, 2.24) is 21.3 Å². The van der Waals surface area contributed by atoms with E-state index < -0.39 is 30.0 Å². The molecular formula is C20H20N8O6S2.